The molecule has 0 fully saturated rings. The van der Waals surface area contributed by atoms with Gasteiger partial charge >= 0.3 is 0 Å². The van der Waals surface area contributed by atoms with Crippen LogP contribution in [0.15, 0.2) is 18.3 Å². The fourth-order valence-corrected chi connectivity index (χ4v) is 2.93. The van der Waals surface area contributed by atoms with E-state index in [-0.39, 0.29) is 6.04 Å². The van der Waals surface area contributed by atoms with Gasteiger partial charge in [0.15, 0.2) is 0 Å². The predicted octanol–water partition coefficient (Wildman–Crippen LogP) is 3.52. The summed E-state index contributed by atoms with van der Waals surface area (Å²) < 4.78 is 5.42. The Bertz CT molecular complexity index is 358. The molecule has 1 aromatic heterocycles. The second-order valence-corrected chi connectivity index (χ2v) is 6.10. The third-order valence-electron chi connectivity index (χ3n) is 2.73. The molecule has 0 saturated carbocycles. The van der Waals surface area contributed by atoms with E-state index >= 15 is 0 Å². The highest BCUT2D eigenvalue weighted by atomic mass is 32.2. The zero-order valence-electron chi connectivity index (χ0n) is 12.5. The van der Waals surface area contributed by atoms with Crippen LogP contribution in [0.5, 0.6) is 5.75 Å². The number of pyridine rings is 1. The van der Waals surface area contributed by atoms with Crippen molar-refractivity contribution in [3.8, 4) is 5.75 Å². The number of hydrogen-bond acceptors (Lipinski definition) is 4. The molecule has 0 aliphatic heterocycles. The molecule has 3 nitrogen and oxygen atoms in total. The molecule has 0 saturated heterocycles. The largest absolute Gasteiger partial charge is 0.495 e. The predicted molar refractivity (Wildman–Crippen MR) is 84.0 cm³/mol. The summed E-state index contributed by atoms with van der Waals surface area (Å²) >= 11 is 1.98. The number of rotatable bonds is 9. The van der Waals surface area contributed by atoms with Crippen LogP contribution in [-0.2, 0) is 0 Å². The van der Waals surface area contributed by atoms with Gasteiger partial charge < -0.3 is 10.1 Å². The lowest BCUT2D eigenvalue weighted by molar-refractivity contribution is 0.398. The number of methoxy groups -OCH3 is 1. The van der Waals surface area contributed by atoms with E-state index in [1.54, 1.807) is 7.11 Å². The first-order valence-corrected chi connectivity index (χ1v) is 8.14. The van der Waals surface area contributed by atoms with Gasteiger partial charge in [-0.2, -0.15) is 11.8 Å². The number of ether oxygens (including phenoxy) is 1. The summed E-state index contributed by atoms with van der Waals surface area (Å²) in [6, 6.07) is 4.16. The molecule has 1 unspecified atom stereocenters. The third kappa shape index (κ3) is 5.83. The molecule has 0 amide bonds. The summed E-state index contributed by atoms with van der Waals surface area (Å²) in [7, 11) is 1.71. The van der Waals surface area contributed by atoms with Crippen LogP contribution in [0.3, 0.4) is 0 Å². The van der Waals surface area contributed by atoms with Gasteiger partial charge in [0.2, 0.25) is 0 Å². The summed E-state index contributed by atoms with van der Waals surface area (Å²) in [5.41, 5.74) is 1.02. The molecule has 0 radical (unpaired) electrons. The lowest BCUT2D eigenvalue weighted by atomic mass is 10.2. The average molecular weight is 282 g/mol. The van der Waals surface area contributed by atoms with Gasteiger partial charge in [-0.15, -0.1) is 0 Å². The number of thioether (sulfide) groups is 1. The molecule has 0 spiro atoms. The molecular formula is C15H26N2OS. The van der Waals surface area contributed by atoms with Gasteiger partial charge in [-0.1, -0.05) is 20.8 Å². The molecule has 1 N–H and O–H groups in total. The van der Waals surface area contributed by atoms with Crippen LogP contribution < -0.4 is 10.1 Å². The minimum Gasteiger partial charge on any atom is -0.495 e. The van der Waals surface area contributed by atoms with Gasteiger partial charge in [0.05, 0.1) is 18.8 Å². The molecule has 0 bridgehead atoms. The standard InChI is InChI=1S/C15H26N2OS/c1-5-8-16-13(11-19-10-12(2)3)15-14(18-4)7-6-9-17-15/h6-7,9,12-13,16H,5,8,10-11H2,1-4H3. The maximum absolute atomic E-state index is 5.42. The first kappa shape index (κ1) is 16.3. The SMILES string of the molecule is CCCNC(CSCC(C)C)c1ncccc1OC. The normalized spacial score (nSPS) is 12.7. The highest BCUT2D eigenvalue weighted by Crippen LogP contribution is 2.25. The van der Waals surface area contributed by atoms with Crippen LogP contribution in [-0.4, -0.2) is 30.1 Å². The minimum absolute atomic E-state index is 0.264. The van der Waals surface area contributed by atoms with Crippen molar-refractivity contribution in [3.63, 3.8) is 0 Å². The highest BCUT2D eigenvalue weighted by molar-refractivity contribution is 7.99. The lowest BCUT2D eigenvalue weighted by Crippen LogP contribution is -2.25. The van der Waals surface area contributed by atoms with Crippen molar-refractivity contribution in [2.75, 3.05) is 25.2 Å². The number of nitrogens with zero attached hydrogens (tertiary/aromatic N) is 1. The topological polar surface area (TPSA) is 34.2 Å². The number of nitrogens with one attached hydrogen (secondary N) is 1. The van der Waals surface area contributed by atoms with Crippen molar-refractivity contribution in [2.24, 2.45) is 5.92 Å². The highest BCUT2D eigenvalue weighted by Gasteiger charge is 2.16. The van der Waals surface area contributed by atoms with Gasteiger partial charge in [0.1, 0.15) is 5.75 Å². The summed E-state index contributed by atoms with van der Waals surface area (Å²) in [5, 5.41) is 3.57. The Morgan fingerprint density at radius 2 is 2.16 bits per heavy atom. The van der Waals surface area contributed by atoms with E-state index in [2.05, 4.69) is 31.1 Å². The van der Waals surface area contributed by atoms with E-state index in [4.69, 9.17) is 4.74 Å². The molecule has 0 aromatic carbocycles. The Labute approximate surface area is 121 Å². The first-order valence-electron chi connectivity index (χ1n) is 6.99. The summed E-state index contributed by atoms with van der Waals surface area (Å²) in [5.74, 6) is 3.81. The Morgan fingerprint density at radius 1 is 1.37 bits per heavy atom. The third-order valence-corrected chi connectivity index (χ3v) is 4.20. The van der Waals surface area contributed by atoms with Crippen LogP contribution in [0.1, 0.15) is 38.9 Å². The molecular weight excluding hydrogens is 256 g/mol. The Kier molecular flexibility index (Phi) is 7.91. The second-order valence-electron chi connectivity index (χ2n) is 5.03. The Morgan fingerprint density at radius 3 is 2.79 bits per heavy atom. The van der Waals surface area contributed by atoms with Gasteiger partial charge in [-0.25, -0.2) is 0 Å². The van der Waals surface area contributed by atoms with Crippen molar-refractivity contribution in [1.29, 1.82) is 0 Å². The molecule has 0 aliphatic rings. The van der Waals surface area contributed by atoms with Crippen LogP contribution in [0.25, 0.3) is 0 Å². The van der Waals surface area contributed by atoms with E-state index < -0.39 is 0 Å². The number of aromatic nitrogens is 1. The zero-order chi connectivity index (χ0) is 14.1. The Balaban J connectivity index is 2.71. The maximum atomic E-state index is 5.42. The van der Waals surface area contributed by atoms with Crippen molar-refractivity contribution in [3.05, 3.63) is 24.0 Å². The van der Waals surface area contributed by atoms with E-state index in [0.29, 0.717) is 0 Å². The quantitative estimate of drug-likeness (QED) is 0.751. The van der Waals surface area contributed by atoms with Crippen LogP contribution in [0, 0.1) is 5.92 Å². The molecule has 0 aliphatic carbocycles. The fraction of sp³-hybridized carbons (Fsp3) is 0.667. The minimum atomic E-state index is 0.264. The fourth-order valence-electron chi connectivity index (χ4n) is 1.81. The van der Waals surface area contributed by atoms with Crippen LogP contribution in [0.4, 0.5) is 0 Å². The van der Waals surface area contributed by atoms with Gasteiger partial charge in [0.25, 0.3) is 0 Å². The molecule has 1 heterocycles. The first-order chi connectivity index (χ1) is 9.19. The van der Waals surface area contributed by atoms with Crippen molar-refractivity contribution >= 4 is 11.8 Å². The summed E-state index contributed by atoms with van der Waals surface area (Å²) in [6.07, 6.45) is 2.96. The van der Waals surface area contributed by atoms with Gasteiger partial charge in [-0.3, -0.25) is 4.98 Å². The van der Waals surface area contributed by atoms with E-state index in [0.717, 1.165) is 36.1 Å². The number of hydrogen-bond donors (Lipinski definition) is 1. The van der Waals surface area contributed by atoms with E-state index in [9.17, 15) is 0 Å². The van der Waals surface area contributed by atoms with Crippen LogP contribution >= 0.6 is 11.8 Å². The molecule has 4 heteroatoms. The van der Waals surface area contributed by atoms with Gasteiger partial charge in [-0.05, 0) is 36.8 Å². The molecule has 19 heavy (non-hydrogen) atoms. The molecule has 1 atom stereocenters. The van der Waals surface area contributed by atoms with Crippen molar-refractivity contribution < 1.29 is 4.74 Å². The molecule has 1 aromatic rings. The van der Waals surface area contributed by atoms with Crippen LogP contribution in [0.2, 0.25) is 0 Å². The second kappa shape index (κ2) is 9.21. The van der Waals surface area contributed by atoms with Crippen molar-refractivity contribution in [2.45, 2.75) is 33.2 Å². The van der Waals surface area contributed by atoms with Crippen molar-refractivity contribution in [1.82, 2.24) is 10.3 Å². The smallest absolute Gasteiger partial charge is 0.142 e. The van der Waals surface area contributed by atoms with Gasteiger partial charge in [0, 0.05) is 11.9 Å². The average Bonchev–Trinajstić information content (AvgIpc) is 2.42. The zero-order valence-corrected chi connectivity index (χ0v) is 13.3. The molecule has 1 rings (SSSR count). The monoisotopic (exact) mass is 282 g/mol. The summed E-state index contributed by atoms with van der Waals surface area (Å²) in [6.45, 7) is 7.69. The molecule has 108 valence electrons. The summed E-state index contributed by atoms with van der Waals surface area (Å²) in [4.78, 5) is 4.50. The van der Waals surface area contributed by atoms with E-state index in [1.165, 1.54) is 5.75 Å². The maximum Gasteiger partial charge on any atom is 0.142 e. The Hall–Kier alpha value is -0.740. The lowest BCUT2D eigenvalue weighted by Gasteiger charge is -2.20. The van der Waals surface area contributed by atoms with E-state index in [1.807, 2.05) is 30.1 Å².